The molecule has 0 N–H and O–H groups in total. The third-order valence-electron chi connectivity index (χ3n) is 5.34. The Morgan fingerprint density at radius 2 is 1.87 bits per heavy atom. The Labute approximate surface area is 191 Å². The van der Waals surface area contributed by atoms with Crippen LogP contribution < -0.4 is 4.90 Å². The zero-order valence-corrected chi connectivity index (χ0v) is 19.5. The molecule has 0 bridgehead atoms. The SMILES string of the molecule is O=C1/C(=C\c2ccc(N3c4ccccc4Sc4cccnc43)[te]2)C(=O)C2SC=CC12. The summed E-state index contributed by atoms with van der Waals surface area (Å²) in [5.74, 6) is 0.628. The van der Waals surface area contributed by atoms with Gasteiger partial charge in [0.15, 0.2) is 0 Å². The summed E-state index contributed by atoms with van der Waals surface area (Å²) in [6.45, 7) is 0. The number of carbonyl (C=O) groups is 2. The summed E-state index contributed by atoms with van der Waals surface area (Å²) >= 11 is 2.44. The molecule has 1 aliphatic carbocycles. The summed E-state index contributed by atoms with van der Waals surface area (Å²) in [7, 11) is 0. The Hall–Kier alpha value is -2.04. The predicted molar refractivity (Wildman–Crippen MR) is 122 cm³/mol. The maximum atomic E-state index is 12.7. The van der Waals surface area contributed by atoms with E-state index < -0.39 is 20.4 Å². The van der Waals surface area contributed by atoms with Crippen LogP contribution in [-0.4, -0.2) is 42.2 Å². The van der Waals surface area contributed by atoms with Gasteiger partial charge in [0.25, 0.3) is 0 Å². The number of benzene rings is 1. The van der Waals surface area contributed by atoms with Gasteiger partial charge in [0, 0.05) is 0 Å². The van der Waals surface area contributed by atoms with Gasteiger partial charge >= 0.3 is 193 Å². The fourth-order valence-electron chi connectivity index (χ4n) is 3.94. The first-order chi connectivity index (χ1) is 14.7. The molecule has 3 aromatic rings. The first kappa shape index (κ1) is 18.7. The van der Waals surface area contributed by atoms with Crippen molar-refractivity contribution < 1.29 is 9.59 Å². The number of allylic oxidation sites excluding steroid dienone is 2. The first-order valence-electron chi connectivity index (χ1n) is 9.45. The van der Waals surface area contributed by atoms with Crippen molar-refractivity contribution >= 4 is 76.8 Å². The summed E-state index contributed by atoms with van der Waals surface area (Å²) in [5.41, 5.74) is 1.51. The number of nitrogens with zero attached hydrogens (tertiary/aromatic N) is 2. The van der Waals surface area contributed by atoms with Crippen LogP contribution >= 0.6 is 23.5 Å². The van der Waals surface area contributed by atoms with E-state index in [2.05, 4.69) is 46.3 Å². The van der Waals surface area contributed by atoms with Crippen molar-refractivity contribution in [2.24, 2.45) is 5.92 Å². The second kappa shape index (κ2) is 7.28. The van der Waals surface area contributed by atoms with Crippen LogP contribution in [0.15, 0.2) is 81.6 Å². The molecule has 2 aromatic heterocycles. The molecule has 0 saturated heterocycles. The zero-order chi connectivity index (χ0) is 20.2. The normalized spacial score (nSPS) is 23.1. The van der Waals surface area contributed by atoms with E-state index in [1.807, 2.05) is 35.9 Å². The summed E-state index contributed by atoms with van der Waals surface area (Å²) < 4.78 is 2.32. The average Bonchev–Trinajstić information content (AvgIpc) is 3.48. The Morgan fingerprint density at radius 1 is 1.00 bits per heavy atom. The number of thioether (sulfide) groups is 1. The van der Waals surface area contributed by atoms with Crippen molar-refractivity contribution in [2.75, 3.05) is 4.90 Å². The number of aromatic nitrogens is 1. The van der Waals surface area contributed by atoms with E-state index in [1.54, 1.807) is 11.8 Å². The molecule has 1 fully saturated rings. The molecule has 0 radical (unpaired) electrons. The number of anilines is 3. The molecule has 4 heterocycles. The quantitative estimate of drug-likeness (QED) is 0.205. The molecule has 146 valence electrons. The van der Waals surface area contributed by atoms with E-state index in [9.17, 15) is 9.59 Å². The average molecular weight is 542 g/mol. The second-order valence-electron chi connectivity index (χ2n) is 7.10. The predicted octanol–water partition coefficient (Wildman–Crippen LogP) is 4.85. The summed E-state index contributed by atoms with van der Waals surface area (Å²) in [5, 5.41) is 1.63. The Balaban J connectivity index is 1.41. The van der Waals surface area contributed by atoms with Crippen LogP contribution in [0.25, 0.3) is 6.08 Å². The van der Waals surface area contributed by atoms with Crippen LogP contribution in [0.3, 0.4) is 0 Å². The molecule has 4 nitrogen and oxygen atoms in total. The summed E-state index contributed by atoms with van der Waals surface area (Å²) in [6.07, 6.45) is 5.55. The second-order valence-corrected chi connectivity index (χ2v) is 12.4. The molecule has 7 heteroatoms. The summed E-state index contributed by atoms with van der Waals surface area (Å²) in [6, 6.07) is 16.6. The van der Waals surface area contributed by atoms with E-state index in [-0.39, 0.29) is 22.7 Å². The monoisotopic (exact) mass is 544 g/mol. The van der Waals surface area contributed by atoms with Crippen LogP contribution in [0.2, 0.25) is 0 Å². The fraction of sp³-hybridized carbons (Fsp3) is 0.0870. The van der Waals surface area contributed by atoms with E-state index >= 15 is 0 Å². The van der Waals surface area contributed by atoms with Gasteiger partial charge in [-0.1, -0.05) is 0 Å². The van der Waals surface area contributed by atoms with Gasteiger partial charge in [-0.05, 0) is 0 Å². The van der Waals surface area contributed by atoms with Gasteiger partial charge in [0.1, 0.15) is 0 Å². The Kier molecular flexibility index (Phi) is 4.54. The van der Waals surface area contributed by atoms with E-state index in [1.165, 1.54) is 20.4 Å². The molecule has 2 unspecified atom stereocenters. The van der Waals surface area contributed by atoms with Crippen molar-refractivity contribution in [2.45, 2.75) is 15.0 Å². The molecular formula is C23H14N2O2S2Te. The molecule has 1 aromatic carbocycles. The van der Waals surface area contributed by atoms with E-state index in [0.29, 0.717) is 5.57 Å². The minimum atomic E-state index is -0.764. The standard InChI is InChI=1S/C23H14N2O2S2Te/c26-20-14-9-11-28-22(14)21(27)15(20)12-13-7-8-19(30-13)25-16-4-1-2-5-17(16)29-18-6-3-10-24-23(18)25/h1-12,14,22H/b15-12+. The Morgan fingerprint density at radius 3 is 2.77 bits per heavy atom. The van der Waals surface area contributed by atoms with Gasteiger partial charge in [-0.25, -0.2) is 0 Å². The van der Waals surface area contributed by atoms with Crippen molar-refractivity contribution in [3.63, 3.8) is 0 Å². The van der Waals surface area contributed by atoms with Crippen LogP contribution in [0.4, 0.5) is 15.2 Å². The van der Waals surface area contributed by atoms with Crippen LogP contribution in [0.1, 0.15) is 3.58 Å². The maximum absolute atomic E-state index is 12.7. The van der Waals surface area contributed by atoms with Gasteiger partial charge in [-0.2, -0.15) is 0 Å². The number of rotatable bonds is 2. The van der Waals surface area contributed by atoms with Gasteiger partial charge < -0.3 is 0 Å². The summed E-state index contributed by atoms with van der Waals surface area (Å²) in [4.78, 5) is 34.6. The van der Waals surface area contributed by atoms with Crippen LogP contribution in [0, 0.1) is 5.92 Å². The third kappa shape index (κ3) is 2.88. The molecule has 6 rings (SSSR count). The van der Waals surface area contributed by atoms with E-state index in [0.717, 1.165) is 20.0 Å². The zero-order valence-electron chi connectivity index (χ0n) is 15.5. The van der Waals surface area contributed by atoms with Gasteiger partial charge in [0.05, 0.1) is 0 Å². The van der Waals surface area contributed by atoms with Gasteiger partial charge in [0.2, 0.25) is 0 Å². The van der Waals surface area contributed by atoms with Gasteiger partial charge in [-0.3, -0.25) is 0 Å². The van der Waals surface area contributed by atoms with Crippen molar-refractivity contribution in [1.29, 1.82) is 0 Å². The van der Waals surface area contributed by atoms with Crippen LogP contribution in [0.5, 0.6) is 0 Å². The number of hydrogen-bond acceptors (Lipinski definition) is 6. The number of para-hydroxylation sites is 1. The van der Waals surface area contributed by atoms with Crippen molar-refractivity contribution in [3.8, 4) is 0 Å². The number of pyridine rings is 1. The number of carbonyl (C=O) groups excluding carboxylic acids is 2. The first-order valence-corrected chi connectivity index (χ1v) is 13.5. The number of fused-ring (bicyclic) bond motifs is 3. The molecule has 3 aliphatic rings. The van der Waals surface area contributed by atoms with Crippen LogP contribution in [-0.2, 0) is 9.59 Å². The molecule has 0 amide bonds. The van der Waals surface area contributed by atoms with Crippen molar-refractivity contribution in [3.05, 3.63) is 75.4 Å². The number of hydrogen-bond donors (Lipinski definition) is 0. The minimum absolute atomic E-state index is 0.0199. The third-order valence-corrected chi connectivity index (χ3v) is 10.5. The molecule has 30 heavy (non-hydrogen) atoms. The number of Topliss-reactive ketones (excluding diaryl/α,β-unsaturated/α-hetero) is 2. The van der Waals surface area contributed by atoms with E-state index in [4.69, 9.17) is 0 Å². The van der Waals surface area contributed by atoms with Gasteiger partial charge in [-0.15, -0.1) is 0 Å². The fourth-order valence-corrected chi connectivity index (χ4v) is 8.79. The Bertz CT molecular complexity index is 1230. The molecule has 2 aliphatic heterocycles. The molecule has 2 atom stereocenters. The van der Waals surface area contributed by atoms with Crippen molar-refractivity contribution in [1.82, 2.24) is 4.98 Å². The topological polar surface area (TPSA) is 50.3 Å². The molecular weight excluding hydrogens is 528 g/mol. The number of ketones is 2. The molecule has 0 spiro atoms. The molecule has 1 saturated carbocycles.